The van der Waals surface area contributed by atoms with E-state index in [0.29, 0.717) is 11.0 Å². The van der Waals surface area contributed by atoms with Gasteiger partial charge in [-0.1, -0.05) is 29.5 Å². The lowest BCUT2D eigenvalue weighted by Crippen LogP contribution is -2.20. The minimum absolute atomic E-state index is 0.130. The van der Waals surface area contributed by atoms with Crippen LogP contribution in [0, 0.1) is 6.92 Å². The fourth-order valence-corrected chi connectivity index (χ4v) is 3.96. The van der Waals surface area contributed by atoms with Crippen LogP contribution in [-0.4, -0.2) is 39.7 Å². The quantitative estimate of drug-likeness (QED) is 0.200. The molecular weight excluding hydrogens is 462 g/mol. The van der Waals surface area contributed by atoms with Gasteiger partial charge in [-0.15, -0.1) is 10.2 Å². The molecule has 0 fully saturated rings. The standard InChI is InChI=1S/C26H25N5O3S/c1-18-6-10-21(11-7-18)31-25(20-8-12-22(33-3)13-9-20)29-30-26(31)35-17-24(32)28-27-16-19(2)15-23-5-4-14-34-23/h4-16H,17H2,1-3H3,(H,28,32)/b19-15+,27-16+. The number of allylic oxidation sites excluding steroid dienone is 1. The Kier molecular flexibility index (Phi) is 7.79. The van der Waals surface area contributed by atoms with Gasteiger partial charge in [-0.2, -0.15) is 5.10 Å². The second-order valence-corrected chi connectivity index (χ2v) is 8.63. The number of ether oxygens (including phenoxy) is 1. The molecule has 0 atom stereocenters. The van der Waals surface area contributed by atoms with Gasteiger partial charge in [0.2, 0.25) is 0 Å². The van der Waals surface area contributed by atoms with Crippen LogP contribution in [0.2, 0.25) is 0 Å². The first-order chi connectivity index (χ1) is 17.0. The van der Waals surface area contributed by atoms with Gasteiger partial charge in [0, 0.05) is 11.3 Å². The van der Waals surface area contributed by atoms with E-state index in [-0.39, 0.29) is 11.7 Å². The Hall–Kier alpha value is -4.11. The van der Waals surface area contributed by atoms with Crippen molar-refractivity contribution in [3.8, 4) is 22.8 Å². The molecular formula is C26H25N5O3S. The number of hydrazone groups is 1. The molecule has 2 heterocycles. The Balaban J connectivity index is 1.48. The fourth-order valence-electron chi connectivity index (χ4n) is 3.22. The minimum atomic E-state index is -0.249. The average Bonchev–Trinajstić information content (AvgIpc) is 3.53. The summed E-state index contributed by atoms with van der Waals surface area (Å²) in [7, 11) is 1.63. The van der Waals surface area contributed by atoms with Gasteiger partial charge < -0.3 is 9.15 Å². The van der Waals surface area contributed by atoms with Crippen molar-refractivity contribution >= 4 is 30.0 Å². The third-order valence-electron chi connectivity index (χ3n) is 4.98. The number of benzene rings is 2. The zero-order valence-electron chi connectivity index (χ0n) is 19.6. The van der Waals surface area contributed by atoms with Crippen LogP contribution in [0.4, 0.5) is 0 Å². The summed E-state index contributed by atoms with van der Waals surface area (Å²) in [6.07, 6.45) is 5.00. The average molecular weight is 488 g/mol. The lowest BCUT2D eigenvalue weighted by molar-refractivity contribution is -0.118. The molecule has 1 N–H and O–H groups in total. The molecule has 0 aliphatic carbocycles. The fraction of sp³-hybridized carbons (Fsp3) is 0.154. The summed E-state index contributed by atoms with van der Waals surface area (Å²) in [4.78, 5) is 12.4. The summed E-state index contributed by atoms with van der Waals surface area (Å²) < 4.78 is 12.5. The molecule has 8 nitrogen and oxygen atoms in total. The van der Waals surface area contributed by atoms with Gasteiger partial charge in [-0.25, -0.2) is 5.43 Å². The zero-order valence-corrected chi connectivity index (χ0v) is 20.5. The van der Waals surface area contributed by atoms with Gasteiger partial charge in [0.1, 0.15) is 11.5 Å². The molecule has 1 amide bonds. The highest BCUT2D eigenvalue weighted by Gasteiger charge is 2.17. The maximum atomic E-state index is 12.4. The molecule has 0 unspecified atom stereocenters. The zero-order chi connectivity index (χ0) is 24.6. The number of carbonyl (C=O) groups is 1. The van der Waals surface area contributed by atoms with Crippen LogP contribution in [0.3, 0.4) is 0 Å². The number of methoxy groups -OCH3 is 1. The van der Waals surface area contributed by atoms with E-state index in [2.05, 4.69) is 20.7 Å². The summed E-state index contributed by atoms with van der Waals surface area (Å²) in [5, 5.41) is 13.4. The van der Waals surface area contributed by atoms with Gasteiger partial charge in [0.25, 0.3) is 5.91 Å². The van der Waals surface area contributed by atoms with Crippen molar-refractivity contribution < 1.29 is 13.9 Å². The first kappa shape index (κ1) is 24.0. The number of furan rings is 1. The third-order valence-corrected chi connectivity index (χ3v) is 5.91. The number of nitrogens with zero attached hydrogens (tertiary/aromatic N) is 4. The van der Waals surface area contributed by atoms with Crippen molar-refractivity contribution in [2.45, 2.75) is 19.0 Å². The van der Waals surface area contributed by atoms with Crippen LogP contribution in [0.1, 0.15) is 18.2 Å². The van der Waals surface area contributed by atoms with E-state index in [1.54, 1.807) is 19.6 Å². The van der Waals surface area contributed by atoms with Gasteiger partial charge in [0.15, 0.2) is 11.0 Å². The maximum Gasteiger partial charge on any atom is 0.250 e. The van der Waals surface area contributed by atoms with Gasteiger partial charge in [-0.3, -0.25) is 9.36 Å². The molecule has 0 spiro atoms. The number of aryl methyl sites for hydroxylation is 1. The Morgan fingerprint density at radius 3 is 2.60 bits per heavy atom. The summed E-state index contributed by atoms with van der Waals surface area (Å²) in [6, 6.07) is 19.4. The van der Waals surface area contributed by atoms with Gasteiger partial charge in [0.05, 0.1) is 25.3 Å². The predicted octanol–water partition coefficient (Wildman–Crippen LogP) is 5.14. The van der Waals surface area contributed by atoms with Crippen molar-refractivity contribution in [3.63, 3.8) is 0 Å². The smallest absolute Gasteiger partial charge is 0.250 e. The molecule has 0 saturated heterocycles. The molecule has 0 aliphatic rings. The highest BCUT2D eigenvalue weighted by molar-refractivity contribution is 7.99. The molecule has 35 heavy (non-hydrogen) atoms. The number of thioether (sulfide) groups is 1. The van der Waals surface area contributed by atoms with Crippen molar-refractivity contribution in [1.29, 1.82) is 0 Å². The number of hydrogen-bond acceptors (Lipinski definition) is 7. The Morgan fingerprint density at radius 1 is 1.14 bits per heavy atom. The van der Waals surface area contributed by atoms with E-state index in [4.69, 9.17) is 9.15 Å². The highest BCUT2D eigenvalue weighted by atomic mass is 32.2. The first-order valence-corrected chi connectivity index (χ1v) is 11.9. The lowest BCUT2D eigenvalue weighted by atomic mass is 10.2. The topological polar surface area (TPSA) is 94.5 Å². The molecule has 0 radical (unpaired) electrons. The highest BCUT2D eigenvalue weighted by Crippen LogP contribution is 2.29. The largest absolute Gasteiger partial charge is 0.497 e. The van der Waals surface area contributed by atoms with E-state index >= 15 is 0 Å². The second-order valence-electron chi connectivity index (χ2n) is 7.69. The predicted molar refractivity (Wildman–Crippen MR) is 138 cm³/mol. The van der Waals surface area contributed by atoms with Crippen LogP contribution < -0.4 is 10.2 Å². The number of rotatable bonds is 9. The number of aromatic nitrogens is 3. The van der Waals surface area contributed by atoms with Crippen molar-refractivity contribution in [2.75, 3.05) is 12.9 Å². The van der Waals surface area contributed by atoms with Crippen LogP contribution in [0.5, 0.6) is 5.75 Å². The molecule has 4 aromatic rings. The molecule has 0 bridgehead atoms. The number of amides is 1. The van der Waals surface area contributed by atoms with Crippen molar-refractivity contribution in [2.24, 2.45) is 5.10 Å². The van der Waals surface area contributed by atoms with E-state index in [0.717, 1.165) is 33.9 Å². The van der Waals surface area contributed by atoms with E-state index in [9.17, 15) is 4.79 Å². The monoisotopic (exact) mass is 487 g/mol. The molecule has 4 rings (SSSR count). The molecule has 2 aromatic carbocycles. The molecule has 2 aromatic heterocycles. The minimum Gasteiger partial charge on any atom is -0.497 e. The lowest BCUT2D eigenvalue weighted by Gasteiger charge is -2.11. The van der Waals surface area contributed by atoms with Gasteiger partial charge >= 0.3 is 0 Å². The van der Waals surface area contributed by atoms with E-state index in [1.165, 1.54) is 11.8 Å². The summed E-state index contributed by atoms with van der Waals surface area (Å²) >= 11 is 1.29. The maximum absolute atomic E-state index is 12.4. The summed E-state index contributed by atoms with van der Waals surface area (Å²) in [5.74, 6) is 2.04. The Bertz CT molecular complexity index is 1320. The number of hydrogen-bond donors (Lipinski definition) is 1. The van der Waals surface area contributed by atoms with Gasteiger partial charge in [-0.05, 0) is 74.0 Å². The van der Waals surface area contributed by atoms with Crippen molar-refractivity contribution in [1.82, 2.24) is 20.2 Å². The first-order valence-electron chi connectivity index (χ1n) is 10.9. The summed E-state index contributed by atoms with van der Waals surface area (Å²) in [6.45, 7) is 3.91. The van der Waals surface area contributed by atoms with Crippen LogP contribution >= 0.6 is 11.8 Å². The van der Waals surface area contributed by atoms with Crippen LogP contribution in [-0.2, 0) is 4.79 Å². The van der Waals surface area contributed by atoms with Crippen LogP contribution in [0.15, 0.2) is 87.2 Å². The van der Waals surface area contributed by atoms with Crippen molar-refractivity contribution in [3.05, 3.63) is 83.8 Å². The normalized spacial score (nSPS) is 11.7. The van der Waals surface area contributed by atoms with Crippen LogP contribution in [0.25, 0.3) is 23.2 Å². The SMILES string of the molecule is COc1ccc(-c2nnc(SCC(=O)N/N=C/C(C)=C/c3ccco3)n2-c2ccc(C)cc2)cc1. The number of carbonyl (C=O) groups excluding carboxylic acids is 1. The van der Waals surface area contributed by atoms with E-state index < -0.39 is 0 Å². The Labute approximate surface area is 207 Å². The molecule has 9 heteroatoms. The number of nitrogens with one attached hydrogen (secondary N) is 1. The third kappa shape index (κ3) is 6.27. The molecule has 0 aliphatic heterocycles. The van der Waals surface area contributed by atoms with E-state index in [1.807, 2.05) is 85.2 Å². The Morgan fingerprint density at radius 2 is 1.91 bits per heavy atom. The summed E-state index contributed by atoms with van der Waals surface area (Å²) in [5.41, 5.74) is 6.34. The molecule has 0 saturated carbocycles. The molecule has 178 valence electrons. The second kappa shape index (κ2) is 11.3.